The molecule has 4 heteroatoms. The molecule has 0 saturated heterocycles. The van der Waals surface area contributed by atoms with Crippen molar-refractivity contribution in [3.8, 4) is 11.8 Å². The summed E-state index contributed by atoms with van der Waals surface area (Å²) in [6.45, 7) is 0.398. The minimum atomic E-state index is -0.186. The molecule has 1 aliphatic rings. The van der Waals surface area contributed by atoms with E-state index in [1.807, 2.05) is 48.5 Å². The van der Waals surface area contributed by atoms with Gasteiger partial charge in [-0.2, -0.15) is 5.26 Å². The van der Waals surface area contributed by atoms with Gasteiger partial charge in [0.2, 0.25) is 5.91 Å². The molecular formula is C18H16N2O2. The molecular weight excluding hydrogens is 276 g/mol. The van der Waals surface area contributed by atoms with Crippen LogP contribution in [0.5, 0.6) is 5.75 Å². The summed E-state index contributed by atoms with van der Waals surface area (Å²) >= 11 is 0. The number of anilines is 1. The number of nitriles is 1. The highest BCUT2D eigenvalue weighted by Crippen LogP contribution is 2.27. The van der Waals surface area contributed by atoms with Gasteiger partial charge in [0.1, 0.15) is 12.4 Å². The van der Waals surface area contributed by atoms with Crippen molar-refractivity contribution in [2.75, 3.05) is 11.9 Å². The van der Waals surface area contributed by atoms with Gasteiger partial charge in [-0.25, -0.2) is 0 Å². The maximum atomic E-state index is 12.3. The van der Waals surface area contributed by atoms with Crippen LogP contribution in [0.1, 0.15) is 11.1 Å². The zero-order valence-electron chi connectivity index (χ0n) is 12.1. The quantitative estimate of drug-likeness (QED) is 0.946. The van der Waals surface area contributed by atoms with Crippen molar-refractivity contribution in [3.05, 3.63) is 59.7 Å². The van der Waals surface area contributed by atoms with E-state index < -0.39 is 0 Å². The highest BCUT2D eigenvalue weighted by molar-refractivity contribution is 5.93. The summed E-state index contributed by atoms with van der Waals surface area (Å²) in [4.78, 5) is 12.3. The zero-order valence-corrected chi connectivity index (χ0v) is 12.1. The standard InChI is InChI=1S/C18H16N2O2/c19-10-9-13-5-7-16(8-6-13)20-18(21)15-11-14-3-1-2-4-17(14)22-12-15/h1-8,15H,9,11-12H2,(H,20,21). The van der Waals surface area contributed by atoms with E-state index in [0.29, 0.717) is 19.4 Å². The number of hydrogen-bond acceptors (Lipinski definition) is 3. The van der Waals surface area contributed by atoms with Gasteiger partial charge in [-0.05, 0) is 35.7 Å². The summed E-state index contributed by atoms with van der Waals surface area (Å²) in [5.74, 6) is 0.642. The third-order valence-corrected chi connectivity index (χ3v) is 3.75. The topological polar surface area (TPSA) is 62.1 Å². The van der Waals surface area contributed by atoms with Crippen LogP contribution >= 0.6 is 0 Å². The fraction of sp³-hybridized carbons (Fsp3) is 0.222. The molecule has 0 aromatic heterocycles. The number of nitrogens with one attached hydrogen (secondary N) is 1. The number of benzene rings is 2. The van der Waals surface area contributed by atoms with Crippen molar-refractivity contribution in [2.24, 2.45) is 5.92 Å². The van der Waals surface area contributed by atoms with Crippen molar-refractivity contribution in [1.29, 1.82) is 5.26 Å². The van der Waals surface area contributed by atoms with Crippen molar-refractivity contribution >= 4 is 11.6 Å². The van der Waals surface area contributed by atoms with E-state index in [4.69, 9.17) is 10.00 Å². The molecule has 0 fully saturated rings. The summed E-state index contributed by atoms with van der Waals surface area (Å²) in [5, 5.41) is 11.6. The minimum absolute atomic E-state index is 0.0393. The van der Waals surface area contributed by atoms with Crippen LogP contribution in [0, 0.1) is 17.2 Å². The minimum Gasteiger partial charge on any atom is -0.492 e. The van der Waals surface area contributed by atoms with Gasteiger partial charge in [0.15, 0.2) is 0 Å². The lowest BCUT2D eigenvalue weighted by Crippen LogP contribution is -2.32. The van der Waals surface area contributed by atoms with Crippen molar-refractivity contribution in [2.45, 2.75) is 12.8 Å². The van der Waals surface area contributed by atoms with Crippen LogP contribution in [0.3, 0.4) is 0 Å². The molecule has 2 aromatic rings. The lowest BCUT2D eigenvalue weighted by molar-refractivity contribution is -0.121. The number of nitrogens with zero attached hydrogens (tertiary/aromatic N) is 1. The first-order valence-electron chi connectivity index (χ1n) is 7.24. The van der Waals surface area contributed by atoms with Gasteiger partial charge < -0.3 is 10.1 Å². The SMILES string of the molecule is N#CCc1ccc(NC(=O)C2COc3ccccc3C2)cc1. The fourth-order valence-electron chi connectivity index (χ4n) is 2.54. The Hall–Kier alpha value is -2.80. The number of hydrogen-bond donors (Lipinski definition) is 1. The van der Waals surface area contributed by atoms with E-state index in [1.165, 1.54) is 0 Å². The van der Waals surface area contributed by atoms with E-state index >= 15 is 0 Å². The second-order valence-electron chi connectivity index (χ2n) is 5.34. The molecule has 3 rings (SSSR count). The Labute approximate surface area is 129 Å². The average molecular weight is 292 g/mol. The monoisotopic (exact) mass is 292 g/mol. The smallest absolute Gasteiger partial charge is 0.231 e. The Morgan fingerprint density at radius 3 is 2.77 bits per heavy atom. The molecule has 0 saturated carbocycles. The van der Waals surface area contributed by atoms with Gasteiger partial charge in [0, 0.05) is 5.69 Å². The molecule has 4 nitrogen and oxygen atoms in total. The molecule has 0 aliphatic carbocycles. The maximum Gasteiger partial charge on any atom is 0.231 e. The summed E-state index contributed by atoms with van der Waals surface area (Å²) in [6, 6.07) is 17.3. The molecule has 1 atom stereocenters. The molecule has 0 spiro atoms. The normalized spacial score (nSPS) is 16.0. The molecule has 1 amide bonds. The molecule has 1 unspecified atom stereocenters. The van der Waals surface area contributed by atoms with Crippen LogP contribution in [0.25, 0.3) is 0 Å². The Kier molecular flexibility index (Phi) is 4.06. The highest BCUT2D eigenvalue weighted by atomic mass is 16.5. The van der Waals surface area contributed by atoms with E-state index in [9.17, 15) is 4.79 Å². The number of para-hydroxylation sites is 1. The van der Waals surface area contributed by atoms with Crippen LogP contribution in [0.15, 0.2) is 48.5 Å². The van der Waals surface area contributed by atoms with Gasteiger partial charge in [0.05, 0.1) is 18.4 Å². The summed E-state index contributed by atoms with van der Waals surface area (Å²) in [5.41, 5.74) is 2.75. The number of carbonyl (C=O) groups is 1. The Morgan fingerprint density at radius 1 is 1.23 bits per heavy atom. The van der Waals surface area contributed by atoms with Gasteiger partial charge in [-0.1, -0.05) is 30.3 Å². The molecule has 2 aromatic carbocycles. The van der Waals surface area contributed by atoms with Crippen molar-refractivity contribution in [3.63, 3.8) is 0 Å². The maximum absolute atomic E-state index is 12.3. The largest absolute Gasteiger partial charge is 0.492 e. The molecule has 22 heavy (non-hydrogen) atoms. The number of amides is 1. The predicted molar refractivity (Wildman–Crippen MR) is 83.5 cm³/mol. The van der Waals surface area contributed by atoms with E-state index in [2.05, 4.69) is 11.4 Å². The molecule has 1 N–H and O–H groups in total. The third kappa shape index (κ3) is 3.09. The van der Waals surface area contributed by atoms with Gasteiger partial charge in [0.25, 0.3) is 0 Å². The lowest BCUT2D eigenvalue weighted by Gasteiger charge is -2.24. The average Bonchev–Trinajstić information content (AvgIpc) is 2.56. The van der Waals surface area contributed by atoms with Crippen LogP contribution in [0.2, 0.25) is 0 Å². The van der Waals surface area contributed by atoms with E-state index in [1.54, 1.807) is 0 Å². The summed E-state index contributed by atoms with van der Waals surface area (Å²) in [6.07, 6.45) is 1.07. The number of fused-ring (bicyclic) bond motifs is 1. The van der Waals surface area contributed by atoms with Crippen molar-refractivity contribution < 1.29 is 9.53 Å². The Morgan fingerprint density at radius 2 is 2.00 bits per heavy atom. The second-order valence-corrected chi connectivity index (χ2v) is 5.34. The first-order chi connectivity index (χ1) is 10.8. The highest BCUT2D eigenvalue weighted by Gasteiger charge is 2.25. The Bertz CT molecular complexity index is 717. The lowest BCUT2D eigenvalue weighted by atomic mass is 9.96. The second kappa shape index (κ2) is 6.31. The van der Waals surface area contributed by atoms with Gasteiger partial charge >= 0.3 is 0 Å². The molecule has 1 heterocycles. The Balaban J connectivity index is 1.64. The molecule has 110 valence electrons. The van der Waals surface area contributed by atoms with E-state index in [-0.39, 0.29) is 11.8 Å². The van der Waals surface area contributed by atoms with Crippen LogP contribution in [-0.4, -0.2) is 12.5 Å². The molecule has 0 radical (unpaired) electrons. The van der Waals surface area contributed by atoms with E-state index in [0.717, 1.165) is 22.6 Å². The fourth-order valence-corrected chi connectivity index (χ4v) is 2.54. The first kappa shape index (κ1) is 14.2. The zero-order chi connectivity index (χ0) is 15.4. The van der Waals surface area contributed by atoms with Crippen LogP contribution in [-0.2, 0) is 17.6 Å². The number of ether oxygens (including phenoxy) is 1. The van der Waals surface area contributed by atoms with Crippen LogP contribution in [0.4, 0.5) is 5.69 Å². The van der Waals surface area contributed by atoms with Crippen LogP contribution < -0.4 is 10.1 Å². The summed E-state index contributed by atoms with van der Waals surface area (Å²) in [7, 11) is 0. The number of rotatable bonds is 3. The van der Waals surface area contributed by atoms with Gasteiger partial charge in [-0.3, -0.25) is 4.79 Å². The van der Waals surface area contributed by atoms with Crippen molar-refractivity contribution in [1.82, 2.24) is 0 Å². The molecule has 0 bridgehead atoms. The predicted octanol–water partition coefficient (Wildman–Crippen LogP) is 2.94. The van der Waals surface area contributed by atoms with Gasteiger partial charge in [-0.15, -0.1) is 0 Å². The summed E-state index contributed by atoms with van der Waals surface area (Å²) < 4.78 is 5.65. The molecule has 1 aliphatic heterocycles. The third-order valence-electron chi connectivity index (χ3n) is 3.75. The number of carbonyl (C=O) groups excluding carboxylic acids is 1. The first-order valence-corrected chi connectivity index (χ1v) is 7.24.